The van der Waals surface area contributed by atoms with Crippen molar-refractivity contribution in [1.29, 1.82) is 0 Å². The molecule has 0 unspecified atom stereocenters. The zero-order valence-electron chi connectivity index (χ0n) is 17.8. The fraction of sp³-hybridized carbons (Fsp3) is 0.333. The van der Waals surface area contributed by atoms with E-state index in [1.807, 2.05) is 22.4 Å². The number of nitrogens with zero attached hydrogens (tertiary/aromatic N) is 2. The van der Waals surface area contributed by atoms with Gasteiger partial charge in [-0.25, -0.2) is 4.98 Å². The normalized spacial score (nSPS) is 11.9. The number of thiazole rings is 1. The lowest BCUT2D eigenvalue weighted by atomic mass is 10.1. The summed E-state index contributed by atoms with van der Waals surface area (Å²) in [6, 6.07) is 13.3. The minimum absolute atomic E-state index is 0.0120. The van der Waals surface area contributed by atoms with E-state index in [1.165, 1.54) is 11.1 Å². The number of aromatic nitrogens is 1. The molecule has 1 amide bonds. The predicted molar refractivity (Wildman–Crippen MR) is 123 cm³/mol. The molecule has 2 aromatic carbocycles. The Balaban J connectivity index is 1.69. The summed E-state index contributed by atoms with van der Waals surface area (Å²) in [5.41, 5.74) is 3.86. The Morgan fingerprint density at radius 3 is 2.47 bits per heavy atom. The number of halogens is 1. The smallest absolute Gasteiger partial charge is 0.254 e. The third kappa shape index (κ3) is 5.83. The Morgan fingerprint density at radius 2 is 1.83 bits per heavy atom. The van der Waals surface area contributed by atoms with Crippen LogP contribution < -0.4 is 4.74 Å². The SMILES string of the molecule is CC[C@H](C)N(Cc1csc(COc2cc(C)cc(C)c2)n1)C(=O)c1ccc(Cl)cc1. The molecule has 3 rings (SSSR count). The van der Waals surface area contributed by atoms with Gasteiger partial charge < -0.3 is 9.64 Å². The zero-order chi connectivity index (χ0) is 21.7. The molecule has 158 valence electrons. The van der Waals surface area contributed by atoms with Crippen molar-refractivity contribution >= 4 is 28.8 Å². The molecule has 0 saturated carbocycles. The van der Waals surface area contributed by atoms with Crippen molar-refractivity contribution in [3.8, 4) is 5.75 Å². The second-order valence-corrected chi connectivity index (χ2v) is 8.92. The number of carbonyl (C=O) groups excluding carboxylic acids is 1. The average molecular weight is 443 g/mol. The zero-order valence-corrected chi connectivity index (χ0v) is 19.4. The van der Waals surface area contributed by atoms with Crippen LogP contribution in [0.5, 0.6) is 5.75 Å². The number of benzene rings is 2. The molecular formula is C24H27ClN2O2S. The van der Waals surface area contributed by atoms with Crippen molar-refractivity contribution in [3.63, 3.8) is 0 Å². The van der Waals surface area contributed by atoms with Gasteiger partial charge in [-0.05, 0) is 74.7 Å². The summed E-state index contributed by atoms with van der Waals surface area (Å²) in [5.74, 6) is 0.838. The lowest BCUT2D eigenvalue weighted by molar-refractivity contribution is 0.0669. The highest BCUT2D eigenvalue weighted by atomic mass is 35.5. The molecule has 30 heavy (non-hydrogen) atoms. The molecule has 0 aliphatic heterocycles. The number of carbonyl (C=O) groups is 1. The van der Waals surface area contributed by atoms with Crippen molar-refractivity contribution in [2.75, 3.05) is 0 Å². The maximum absolute atomic E-state index is 13.1. The molecule has 0 bridgehead atoms. The molecule has 1 aromatic heterocycles. The minimum Gasteiger partial charge on any atom is -0.486 e. The van der Waals surface area contributed by atoms with Gasteiger partial charge in [-0.3, -0.25) is 4.79 Å². The van der Waals surface area contributed by atoms with E-state index in [0.717, 1.165) is 22.9 Å². The molecular weight excluding hydrogens is 416 g/mol. The molecule has 1 heterocycles. The van der Waals surface area contributed by atoms with Gasteiger partial charge in [0.1, 0.15) is 17.4 Å². The maximum atomic E-state index is 13.1. The topological polar surface area (TPSA) is 42.4 Å². The van der Waals surface area contributed by atoms with E-state index in [1.54, 1.807) is 35.6 Å². The molecule has 0 aliphatic carbocycles. The molecule has 1 atom stereocenters. The first-order valence-corrected chi connectivity index (χ1v) is 11.3. The largest absolute Gasteiger partial charge is 0.486 e. The molecule has 0 N–H and O–H groups in total. The van der Waals surface area contributed by atoms with Crippen LogP contribution >= 0.6 is 22.9 Å². The summed E-state index contributed by atoms with van der Waals surface area (Å²) in [4.78, 5) is 19.6. The van der Waals surface area contributed by atoms with Gasteiger partial charge in [-0.15, -0.1) is 11.3 Å². The molecule has 4 nitrogen and oxygen atoms in total. The number of rotatable bonds is 8. The van der Waals surface area contributed by atoms with Gasteiger partial charge in [0, 0.05) is 22.0 Å². The van der Waals surface area contributed by atoms with E-state index in [0.29, 0.717) is 23.7 Å². The first-order chi connectivity index (χ1) is 14.4. The Bertz CT molecular complexity index is 980. The van der Waals surface area contributed by atoms with Crippen LogP contribution in [-0.2, 0) is 13.2 Å². The summed E-state index contributed by atoms with van der Waals surface area (Å²) in [5, 5.41) is 3.52. The number of hydrogen-bond donors (Lipinski definition) is 0. The first-order valence-electron chi connectivity index (χ1n) is 10.1. The quantitative estimate of drug-likeness (QED) is 0.403. The van der Waals surface area contributed by atoms with E-state index in [9.17, 15) is 4.79 Å². The third-order valence-electron chi connectivity index (χ3n) is 4.96. The summed E-state index contributed by atoms with van der Waals surface area (Å²) >= 11 is 7.52. The first kappa shape index (κ1) is 22.3. The van der Waals surface area contributed by atoms with Crippen LogP contribution in [0.25, 0.3) is 0 Å². The van der Waals surface area contributed by atoms with E-state index in [4.69, 9.17) is 21.3 Å². The standard InChI is InChI=1S/C24H27ClN2O2S/c1-5-18(4)27(24(28)19-6-8-20(25)9-7-19)13-21-15-30-23(26-21)14-29-22-11-16(2)10-17(3)12-22/h6-12,15,18H,5,13-14H2,1-4H3/t18-/m0/s1. The lowest BCUT2D eigenvalue weighted by Gasteiger charge is -2.28. The predicted octanol–water partition coefficient (Wildman–Crippen LogP) is 6.43. The molecule has 0 fully saturated rings. The van der Waals surface area contributed by atoms with E-state index >= 15 is 0 Å². The van der Waals surface area contributed by atoms with Gasteiger partial charge in [-0.2, -0.15) is 0 Å². The second kappa shape index (κ2) is 10.1. The fourth-order valence-corrected chi connectivity index (χ4v) is 4.05. The molecule has 6 heteroatoms. The van der Waals surface area contributed by atoms with Gasteiger partial charge in [0.15, 0.2) is 0 Å². The Hall–Kier alpha value is -2.37. The highest BCUT2D eigenvalue weighted by Gasteiger charge is 2.22. The van der Waals surface area contributed by atoms with Gasteiger partial charge >= 0.3 is 0 Å². The van der Waals surface area contributed by atoms with Crippen LogP contribution in [0.1, 0.15) is 52.5 Å². The Morgan fingerprint density at radius 1 is 1.17 bits per heavy atom. The van der Waals surface area contributed by atoms with Gasteiger partial charge in [0.05, 0.1) is 12.2 Å². The molecule has 0 radical (unpaired) electrons. The summed E-state index contributed by atoms with van der Waals surface area (Å²) in [6.07, 6.45) is 0.867. The van der Waals surface area contributed by atoms with E-state index in [-0.39, 0.29) is 11.9 Å². The van der Waals surface area contributed by atoms with Crippen LogP contribution in [0.4, 0.5) is 0 Å². The summed E-state index contributed by atoms with van der Waals surface area (Å²) in [6.45, 7) is 9.14. The molecule has 0 aliphatic rings. The maximum Gasteiger partial charge on any atom is 0.254 e. The number of aryl methyl sites for hydroxylation is 2. The van der Waals surface area contributed by atoms with E-state index < -0.39 is 0 Å². The number of amides is 1. The minimum atomic E-state index is -0.0120. The van der Waals surface area contributed by atoms with Crippen LogP contribution in [0.15, 0.2) is 47.8 Å². The van der Waals surface area contributed by atoms with E-state index in [2.05, 4.69) is 33.8 Å². The summed E-state index contributed by atoms with van der Waals surface area (Å²) in [7, 11) is 0. The van der Waals surface area contributed by atoms with Crippen molar-refractivity contribution in [2.45, 2.75) is 53.3 Å². The molecule has 3 aromatic rings. The van der Waals surface area contributed by atoms with Crippen LogP contribution in [0.3, 0.4) is 0 Å². The van der Waals surface area contributed by atoms with Crippen molar-refractivity contribution in [1.82, 2.24) is 9.88 Å². The van der Waals surface area contributed by atoms with Crippen LogP contribution in [-0.4, -0.2) is 21.8 Å². The summed E-state index contributed by atoms with van der Waals surface area (Å²) < 4.78 is 5.92. The number of hydrogen-bond acceptors (Lipinski definition) is 4. The average Bonchev–Trinajstić information content (AvgIpc) is 3.17. The molecule has 0 saturated heterocycles. The number of ether oxygens (including phenoxy) is 1. The highest BCUT2D eigenvalue weighted by molar-refractivity contribution is 7.09. The Kier molecular flexibility index (Phi) is 7.51. The van der Waals surface area contributed by atoms with Crippen molar-refractivity contribution in [2.24, 2.45) is 0 Å². The lowest BCUT2D eigenvalue weighted by Crippen LogP contribution is -2.37. The van der Waals surface area contributed by atoms with Crippen LogP contribution in [0.2, 0.25) is 5.02 Å². The van der Waals surface area contributed by atoms with Crippen LogP contribution in [0, 0.1) is 13.8 Å². The van der Waals surface area contributed by atoms with Gasteiger partial charge in [-0.1, -0.05) is 24.6 Å². The molecule has 0 spiro atoms. The fourth-order valence-electron chi connectivity index (χ4n) is 3.23. The Labute approximate surface area is 187 Å². The monoisotopic (exact) mass is 442 g/mol. The van der Waals surface area contributed by atoms with Crippen molar-refractivity contribution in [3.05, 3.63) is 80.3 Å². The van der Waals surface area contributed by atoms with Gasteiger partial charge in [0.25, 0.3) is 5.91 Å². The van der Waals surface area contributed by atoms with Crippen molar-refractivity contribution < 1.29 is 9.53 Å². The highest BCUT2D eigenvalue weighted by Crippen LogP contribution is 2.21. The van der Waals surface area contributed by atoms with Gasteiger partial charge in [0.2, 0.25) is 0 Å². The third-order valence-corrected chi connectivity index (χ3v) is 6.09. The second-order valence-electron chi connectivity index (χ2n) is 7.54.